The van der Waals surface area contributed by atoms with E-state index in [0.29, 0.717) is 23.8 Å². The lowest BCUT2D eigenvalue weighted by Crippen LogP contribution is -2.27. The number of aryl methyl sites for hydroxylation is 1. The van der Waals surface area contributed by atoms with Gasteiger partial charge in [0.15, 0.2) is 0 Å². The molecule has 0 fully saturated rings. The fraction of sp³-hybridized carbons (Fsp3) is 0.286. The molecule has 0 unspecified atom stereocenters. The summed E-state index contributed by atoms with van der Waals surface area (Å²) in [7, 11) is 0. The number of halogens is 1. The van der Waals surface area contributed by atoms with Crippen molar-refractivity contribution in [3.8, 4) is 5.69 Å². The SMILES string of the molecule is Cc1nc(C(=O)NCCSCC(=O)O)nn1-c1ccc(F)cc1. The number of aliphatic carboxylic acids is 1. The molecule has 1 amide bonds. The second-order valence-electron chi connectivity index (χ2n) is 4.57. The molecule has 0 atom stereocenters. The van der Waals surface area contributed by atoms with Gasteiger partial charge < -0.3 is 10.4 Å². The van der Waals surface area contributed by atoms with Gasteiger partial charge in [-0.15, -0.1) is 16.9 Å². The van der Waals surface area contributed by atoms with Crippen LogP contribution in [0.3, 0.4) is 0 Å². The van der Waals surface area contributed by atoms with E-state index < -0.39 is 11.9 Å². The van der Waals surface area contributed by atoms with Crippen molar-refractivity contribution in [1.82, 2.24) is 20.1 Å². The molecule has 23 heavy (non-hydrogen) atoms. The number of nitrogens with zero attached hydrogens (tertiary/aromatic N) is 3. The normalized spacial score (nSPS) is 10.5. The lowest BCUT2D eigenvalue weighted by molar-refractivity contribution is -0.133. The van der Waals surface area contributed by atoms with Crippen LogP contribution in [0, 0.1) is 12.7 Å². The van der Waals surface area contributed by atoms with Crippen LogP contribution in [0.5, 0.6) is 0 Å². The fourth-order valence-corrected chi connectivity index (χ4v) is 2.35. The maximum atomic E-state index is 12.9. The summed E-state index contributed by atoms with van der Waals surface area (Å²) in [4.78, 5) is 26.4. The van der Waals surface area contributed by atoms with E-state index in [0.717, 1.165) is 0 Å². The zero-order valence-corrected chi connectivity index (χ0v) is 13.1. The maximum Gasteiger partial charge on any atom is 0.313 e. The molecule has 0 radical (unpaired) electrons. The predicted octanol–water partition coefficient (Wildman–Crippen LogP) is 1.26. The van der Waals surface area contributed by atoms with Gasteiger partial charge in [0.2, 0.25) is 5.82 Å². The highest BCUT2D eigenvalue weighted by atomic mass is 32.2. The Morgan fingerprint density at radius 2 is 2.04 bits per heavy atom. The molecule has 0 aliphatic carbocycles. The van der Waals surface area contributed by atoms with Gasteiger partial charge in [0.25, 0.3) is 5.91 Å². The molecule has 2 aromatic rings. The molecule has 0 aliphatic heterocycles. The number of hydrogen-bond donors (Lipinski definition) is 2. The Labute approximate surface area is 135 Å². The third kappa shape index (κ3) is 4.78. The highest BCUT2D eigenvalue weighted by molar-refractivity contribution is 7.99. The fourth-order valence-electron chi connectivity index (χ4n) is 1.79. The molecule has 1 heterocycles. The van der Waals surface area contributed by atoms with Crippen molar-refractivity contribution in [1.29, 1.82) is 0 Å². The zero-order valence-electron chi connectivity index (χ0n) is 12.3. The van der Waals surface area contributed by atoms with Crippen LogP contribution in [0.2, 0.25) is 0 Å². The van der Waals surface area contributed by atoms with Crippen LogP contribution in [0.15, 0.2) is 24.3 Å². The molecule has 0 spiro atoms. The van der Waals surface area contributed by atoms with Gasteiger partial charge in [0.05, 0.1) is 11.4 Å². The number of carboxylic acids is 1. The molecule has 122 valence electrons. The van der Waals surface area contributed by atoms with Gasteiger partial charge in [-0.05, 0) is 31.2 Å². The quantitative estimate of drug-likeness (QED) is 0.738. The Balaban J connectivity index is 1.96. The number of aromatic nitrogens is 3. The Kier molecular flexibility index (Phi) is 5.69. The minimum Gasteiger partial charge on any atom is -0.481 e. The highest BCUT2D eigenvalue weighted by Crippen LogP contribution is 2.10. The number of thioether (sulfide) groups is 1. The second kappa shape index (κ2) is 7.73. The van der Waals surface area contributed by atoms with Crippen LogP contribution in [0.4, 0.5) is 4.39 Å². The predicted molar refractivity (Wildman–Crippen MR) is 83.3 cm³/mol. The largest absolute Gasteiger partial charge is 0.481 e. The lowest BCUT2D eigenvalue weighted by Gasteiger charge is -2.02. The van der Waals surface area contributed by atoms with E-state index in [2.05, 4.69) is 15.4 Å². The molecular weight excluding hydrogens is 323 g/mol. The smallest absolute Gasteiger partial charge is 0.313 e. The number of benzene rings is 1. The van der Waals surface area contributed by atoms with E-state index in [9.17, 15) is 14.0 Å². The first-order valence-electron chi connectivity index (χ1n) is 6.74. The highest BCUT2D eigenvalue weighted by Gasteiger charge is 2.14. The third-order valence-corrected chi connectivity index (χ3v) is 3.74. The van der Waals surface area contributed by atoms with Crippen molar-refractivity contribution in [3.63, 3.8) is 0 Å². The van der Waals surface area contributed by atoms with Gasteiger partial charge in [0, 0.05) is 12.3 Å². The average Bonchev–Trinajstić information content (AvgIpc) is 2.89. The van der Waals surface area contributed by atoms with E-state index in [1.54, 1.807) is 19.1 Å². The molecule has 0 saturated heterocycles. The van der Waals surface area contributed by atoms with E-state index in [1.807, 2.05) is 0 Å². The number of rotatable bonds is 7. The molecular formula is C14H15FN4O3S. The van der Waals surface area contributed by atoms with Gasteiger partial charge in [-0.25, -0.2) is 14.1 Å². The Morgan fingerprint density at radius 1 is 1.35 bits per heavy atom. The third-order valence-electron chi connectivity index (χ3n) is 2.80. The second-order valence-corrected chi connectivity index (χ2v) is 5.68. The minimum absolute atomic E-state index is 0.00752. The summed E-state index contributed by atoms with van der Waals surface area (Å²) in [6, 6.07) is 5.69. The first kappa shape index (κ1) is 16.9. The van der Waals surface area contributed by atoms with Crippen molar-refractivity contribution in [2.45, 2.75) is 6.92 Å². The molecule has 0 bridgehead atoms. The lowest BCUT2D eigenvalue weighted by atomic mass is 10.3. The molecule has 7 nitrogen and oxygen atoms in total. The van der Waals surface area contributed by atoms with Crippen molar-refractivity contribution in [2.24, 2.45) is 0 Å². The molecule has 0 saturated carbocycles. The summed E-state index contributed by atoms with van der Waals surface area (Å²) in [6.07, 6.45) is 0. The summed E-state index contributed by atoms with van der Waals surface area (Å²) in [5, 5.41) is 15.2. The minimum atomic E-state index is -0.892. The van der Waals surface area contributed by atoms with Crippen LogP contribution < -0.4 is 5.32 Å². The van der Waals surface area contributed by atoms with Crippen LogP contribution in [0.1, 0.15) is 16.4 Å². The molecule has 9 heteroatoms. The van der Waals surface area contributed by atoms with Crippen LogP contribution in [-0.4, -0.2) is 49.8 Å². The number of carboxylic acid groups (broad SMARTS) is 1. The summed E-state index contributed by atoms with van der Waals surface area (Å²) in [5.41, 5.74) is 0.604. The number of amides is 1. The van der Waals surface area contributed by atoms with E-state index in [4.69, 9.17) is 5.11 Å². The van der Waals surface area contributed by atoms with Gasteiger partial charge in [0.1, 0.15) is 11.6 Å². The summed E-state index contributed by atoms with van der Waals surface area (Å²) >= 11 is 1.21. The number of hydrogen-bond acceptors (Lipinski definition) is 5. The van der Waals surface area contributed by atoms with E-state index in [1.165, 1.54) is 28.6 Å². The summed E-state index contributed by atoms with van der Waals surface area (Å²) < 4.78 is 14.4. The Hall–Kier alpha value is -2.42. The zero-order chi connectivity index (χ0) is 16.8. The van der Waals surface area contributed by atoms with Crippen molar-refractivity contribution < 1.29 is 19.1 Å². The van der Waals surface area contributed by atoms with Crippen molar-refractivity contribution in [3.05, 3.63) is 41.7 Å². The summed E-state index contributed by atoms with van der Waals surface area (Å²) in [6.45, 7) is 2.01. The molecule has 1 aromatic heterocycles. The topological polar surface area (TPSA) is 97.1 Å². The van der Waals surface area contributed by atoms with Crippen molar-refractivity contribution in [2.75, 3.05) is 18.1 Å². The van der Waals surface area contributed by atoms with Gasteiger partial charge in [-0.1, -0.05) is 0 Å². The molecule has 2 N–H and O–H groups in total. The number of carbonyl (C=O) groups excluding carboxylic acids is 1. The standard InChI is InChI=1S/C14H15FN4O3S/c1-9-17-13(14(22)16-6-7-23-8-12(20)21)18-19(9)11-4-2-10(15)3-5-11/h2-5H,6-8H2,1H3,(H,16,22)(H,20,21). The molecule has 2 rings (SSSR count). The van der Waals surface area contributed by atoms with E-state index >= 15 is 0 Å². The van der Waals surface area contributed by atoms with Crippen LogP contribution in [-0.2, 0) is 4.79 Å². The Morgan fingerprint density at radius 3 is 2.70 bits per heavy atom. The van der Waals surface area contributed by atoms with E-state index in [-0.39, 0.29) is 17.4 Å². The average molecular weight is 338 g/mol. The Bertz CT molecular complexity index is 703. The first-order chi connectivity index (χ1) is 11.0. The monoisotopic (exact) mass is 338 g/mol. The van der Waals surface area contributed by atoms with Crippen LogP contribution >= 0.6 is 11.8 Å². The van der Waals surface area contributed by atoms with Crippen LogP contribution in [0.25, 0.3) is 5.69 Å². The molecule has 0 aliphatic rings. The van der Waals surface area contributed by atoms with Gasteiger partial charge in [-0.3, -0.25) is 9.59 Å². The van der Waals surface area contributed by atoms with Crippen molar-refractivity contribution >= 4 is 23.6 Å². The first-order valence-corrected chi connectivity index (χ1v) is 7.90. The van der Waals surface area contributed by atoms with Gasteiger partial charge in [-0.2, -0.15) is 0 Å². The molecule has 1 aromatic carbocycles. The maximum absolute atomic E-state index is 12.9. The summed E-state index contributed by atoms with van der Waals surface area (Å²) in [5.74, 6) is -0.704. The van der Waals surface area contributed by atoms with Gasteiger partial charge >= 0.3 is 5.97 Å². The number of carbonyl (C=O) groups is 2. The number of nitrogens with one attached hydrogen (secondary N) is 1.